The van der Waals surface area contributed by atoms with Crippen LogP contribution < -0.4 is 9.64 Å². The second-order valence-corrected chi connectivity index (χ2v) is 6.28. The fourth-order valence-electron chi connectivity index (χ4n) is 3.13. The summed E-state index contributed by atoms with van der Waals surface area (Å²) in [5.41, 5.74) is 2.79. The maximum Gasteiger partial charge on any atom is 0.176 e. The highest BCUT2D eigenvalue weighted by Gasteiger charge is 2.26. The molecule has 23 heavy (non-hydrogen) atoms. The molecule has 0 spiro atoms. The lowest BCUT2D eigenvalue weighted by atomic mass is 10.0. The molecule has 0 bridgehead atoms. The molecule has 0 atom stereocenters. The zero-order chi connectivity index (χ0) is 16.0. The van der Waals surface area contributed by atoms with E-state index in [1.54, 1.807) is 19.5 Å². The van der Waals surface area contributed by atoms with E-state index in [4.69, 9.17) is 32.4 Å². The van der Waals surface area contributed by atoms with Gasteiger partial charge in [-0.3, -0.25) is 4.98 Å². The Bertz CT molecular complexity index is 871. The average molecular weight is 349 g/mol. The third kappa shape index (κ3) is 2.33. The van der Waals surface area contributed by atoms with E-state index in [1.165, 1.54) is 0 Å². The third-order valence-electron chi connectivity index (χ3n) is 4.19. The van der Waals surface area contributed by atoms with Gasteiger partial charge >= 0.3 is 0 Å². The maximum absolute atomic E-state index is 6.30. The Morgan fingerprint density at radius 1 is 1.22 bits per heavy atom. The summed E-state index contributed by atoms with van der Waals surface area (Å²) in [7, 11) is 1.65. The molecule has 0 fully saturated rings. The summed E-state index contributed by atoms with van der Waals surface area (Å²) in [6.45, 7) is 1.48. The number of para-hydroxylation sites is 1. The number of furan rings is 1. The van der Waals surface area contributed by atoms with E-state index in [0.717, 1.165) is 46.7 Å². The van der Waals surface area contributed by atoms with Gasteiger partial charge < -0.3 is 14.1 Å². The molecule has 0 saturated carbocycles. The summed E-state index contributed by atoms with van der Waals surface area (Å²) in [5, 5.41) is 2.20. The van der Waals surface area contributed by atoms with Crippen LogP contribution in [0.3, 0.4) is 0 Å². The molecule has 0 radical (unpaired) electrons. The first-order valence-electron chi connectivity index (χ1n) is 7.30. The summed E-state index contributed by atoms with van der Waals surface area (Å²) in [6, 6.07) is 5.94. The van der Waals surface area contributed by atoms with Crippen molar-refractivity contribution in [3.05, 3.63) is 52.0 Å². The van der Waals surface area contributed by atoms with Gasteiger partial charge in [0.15, 0.2) is 11.3 Å². The van der Waals surface area contributed by atoms with Gasteiger partial charge in [0, 0.05) is 42.9 Å². The van der Waals surface area contributed by atoms with E-state index in [-0.39, 0.29) is 0 Å². The number of methoxy groups -OCH3 is 1. The zero-order valence-electron chi connectivity index (χ0n) is 12.5. The molecule has 6 heteroatoms. The monoisotopic (exact) mass is 348 g/mol. The van der Waals surface area contributed by atoms with E-state index in [9.17, 15) is 0 Å². The molecule has 1 aliphatic rings. The van der Waals surface area contributed by atoms with Crippen LogP contribution in [0.4, 0.5) is 5.69 Å². The standard InChI is InChI=1S/C17H14Cl2N2O2/c1-22-15-4-2-3-10-11-9-21(6-5-14(11)23-17(10)15)16-12(18)7-20-8-13(16)19/h2-4,7-8H,5-6,9H2,1H3. The number of halogens is 2. The number of fused-ring (bicyclic) bond motifs is 3. The molecule has 0 unspecified atom stereocenters. The molecule has 118 valence electrons. The molecule has 1 aromatic carbocycles. The smallest absolute Gasteiger partial charge is 0.176 e. The van der Waals surface area contributed by atoms with E-state index < -0.39 is 0 Å². The van der Waals surface area contributed by atoms with Crippen molar-refractivity contribution in [3.63, 3.8) is 0 Å². The van der Waals surface area contributed by atoms with Crippen LogP contribution in [0, 0.1) is 0 Å². The van der Waals surface area contributed by atoms with Gasteiger partial charge in [0.25, 0.3) is 0 Å². The number of ether oxygens (including phenoxy) is 1. The highest BCUT2D eigenvalue weighted by molar-refractivity contribution is 6.38. The largest absolute Gasteiger partial charge is 0.493 e. The van der Waals surface area contributed by atoms with Gasteiger partial charge in [0.05, 0.1) is 22.8 Å². The minimum Gasteiger partial charge on any atom is -0.493 e. The summed E-state index contributed by atoms with van der Waals surface area (Å²) >= 11 is 12.6. The van der Waals surface area contributed by atoms with Crippen LogP contribution in [0.15, 0.2) is 35.0 Å². The average Bonchev–Trinajstić information content (AvgIpc) is 2.93. The van der Waals surface area contributed by atoms with Gasteiger partial charge in [-0.25, -0.2) is 0 Å². The Morgan fingerprint density at radius 2 is 2.00 bits per heavy atom. The van der Waals surface area contributed by atoms with Gasteiger partial charge in [-0.2, -0.15) is 0 Å². The van der Waals surface area contributed by atoms with Crippen LogP contribution in [0.1, 0.15) is 11.3 Å². The van der Waals surface area contributed by atoms with Crippen molar-refractivity contribution in [3.8, 4) is 5.75 Å². The van der Waals surface area contributed by atoms with Crippen molar-refractivity contribution in [1.29, 1.82) is 0 Å². The van der Waals surface area contributed by atoms with Crippen molar-refractivity contribution in [1.82, 2.24) is 4.98 Å². The van der Waals surface area contributed by atoms with Crippen LogP contribution in [0.2, 0.25) is 10.0 Å². The lowest BCUT2D eigenvalue weighted by Crippen LogP contribution is -2.30. The van der Waals surface area contributed by atoms with E-state index >= 15 is 0 Å². The molecule has 0 N–H and O–H groups in total. The highest BCUT2D eigenvalue weighted by atomic mass is 35.5. The van der Waals surface area contributed by atoms with Crippen molar-refractivity contribution >= 4 is 39.9 Å². The zero-order valence-corrected chi connectivity index (χ0v) is 14.0. The molecular weight excluding hydrogens is 335 g/mol. The molecule has 1 aliphatic heterocycles. The molecule has 3 aromatic rings. The highest BCUT2D eigenvalue weighted by Crippen LogP contribution is 2.40. The Hall–Kier alpha value is -1.91. The predicted molar refractivity (Wildman–Crippen MR) is 91.8 cm³/mol. The lowest BCUT2D eigenvalue weighted by Gasteiger charge is -2.29. The minimum absolute atomic E-state index is 0.561. The SMILES string of the molecule is COc1cccc2c3c(oc12)CCN(c1c(Cl)cncc1Cl)C3. The molecule has 2 aromatic heterocycles. The molecule has 0 saturated heterocycles. The van der Waals surface area contributed by atoms with Gasteiger partial charge in [0.1, 0.15) is 5.76 Å². The lowest BCUT2D eigenvalue weighted by molar-refractivity contribution is 0.406. The molecule has 4 rings (SSSR count). The Kier molecular flexibility index (Phi) is 3.58. The van der Waals surface area contributed by atoms with Crippen molar-refractivity contribution in [2.45, 2.75) is 13.0 Å². The predicted octanol–water partition coefficient (Wildman–Crippen LogP) is 4.71. The van der Waals surface area contributed by atoms with Gasteiger partial charge in [-0.05, 0) is 6.07 Å². The topological polar surface area (TPSA) is 38.5 Å². The first-order chi connectivity index (χ1) is 11.2. The summed E-state index contributed by atoms with van der Waals surface area (Å²) in [6.07, 6.45) is 4.03. The molecule has 0 amide bonds. The first kappa shape index (κ1) is 14.7. The summed E-state index contributed by atoms with van der Waals surface area (Å²) in [5.74, 6) is 1.76. The molecular formula is C17H14Cl2N2O2. The maximum atomic E-state index is 6.30. The minimum atomic E-state index is 0.561. The van der Waals surface area contributed by atoms with Gasteiger partial charge in [-0.15, -0.1) is 0 Å². The Labute approximate surface area is 143 Å². The van der Waals surface area contributed by atoms with Gasteiger partial charge in [-0.1, -0.05) is 35.3 Å². The number of hydrogen-bond acceptors (Lipinski definition) is 4. The first-order valence-corrected chi connectivity index (χ1v) is 8.06. The van der Waals surface area contributed by atoms with Crippen LogP contribution in [0.25, 0.3) is 11.0 Å². The number of anilines is 1. The number of rotatable bonds is 2. The Balaban J connectivity index is 1.80. The second-order valence-electron chi connectivity index (χ2n) is 5.46. The number of hydrogen-bond donors (Lipinski definition) is 0. The van der Waals surface area contributed by atoms with Crippen molar-refractivity contribution < 1.29 is 9.15 Å². The quantitative estimate of drug-likeness (QED) is 0.672. The summed E-state index contributed by atoms with van der Waals surface area (Å²) in [4.78, 5) is 6.19. The second kappa shape index (κ2) is 5.62. The normalized spacial score (nSPS) is 14.1. The van der Waals surface area contributed by atoms with Crippen LogP contribution in [-0.2, 0) is 13.0 Å². The van der Waals surface area contributed by atoms with E-state index in [2.05, 4.69) is 16.0 Å². The van der Waals surface area contributed by atoms with Crippen LogP contribution in [-0.4, -0.2) is 18.6 Å². The van der Waals surface area contributed by atoms with E-state index in [0.29, 0.717) is 16.6 Å². The van der Waals surface area contributed by atoms with E-state index in [1.807, 2.05) is 12.1 Å². The molecule has 0 aliphatic carbocycles. The third-order valence-corrected chi connectivity index (χ3v) is 4.74. The number of aromatic nitrogens is 1. The number of benzene rings is 1. The van der Waals surface area contributed by atoms with Crippen LogP contribution in [0.5, 0.6) is 5.75 Å². The number of nitrogens with zero attached hydrogens (tertiary/aromatic N) is 2. The van der Waals surface area contributed by atoms with Crippen molar-refractivity contribution in [2.24, 2.45) is 0 Å². The van der Waals surface area contributed by atoms with Gasteiger partial charge in [0.2, 0.25) is 0 Å². The van der Waals surface area contributed by atoms with Crippen molar-refractivity contribution in [2.75, 3.05) is 18.6 Å². The van der Waals surface area contributed by atoms with Crippen LogP contribution >= 0.6 is 23.2 Å². The Morgan fingerprint density at radius 3 is 2.74 bits per heavy atom. The summed E-state index contributed by atoms with van der Waals surface area (Å²) < 4.78 is 11.4. The molecule has 3 heterocycles. The fourth-order valence-corrected chi connectivity index (χ4v) is 3.74. The molecule has 4 nitrogen and oxygen atoms in total. The number of pyridine rings is 1. The fraction of sp³-hybridized carbons (Fsp3) is 0.235.